The molecule has 34 heteroatoms. The monoisotopic (exact) mass is 1720 g/mol. The highest BCUT2D eigenvalue weighted by molar-refractivity contribution is 7.88. The van der Waals surface area contributed by atoms with Crippen molar-refractivity contribution >= 4 is 203 Å². The number of benzene rings is 2. The number of hydrogen-bond donors (Lipinski definition) is 4. The van der Waals surface area contributed by atoms with Gasteiger partial charge >= 0.3 is 5.97 Å². The molecule has 22 nitrogen and oxygen atoms in total. The minimum Gasteiger partial charge on any atom is -0.465 e. The molecular formula is C78H78N16O6S12. The number of carbonyl (C=O) groups excluding carboxylic acids is 1. The summed E-state index contributed by atoms with van der Waals surface area (Å²) in [5.41, 5.74) is 37.3. The maximum atomic E-state index is 12.9. The number of methoxy groups -OCH3 is 1. The molecule has 16 aromatic rings. The standard InChI is InChI=1S/C22H21N3O3S3.C21H22N4OS2.C18H19N5OS3.C17H16N4OS4/c1-3-4-11-31(27)22-18(23)17-15(13-5-7-14(8-6-13)21(26)28-2)12-16(25-20(17)30-22)19-24-9-10-29-19;1-3-4-12-28(26)21-18(22)17-15(14-8-6-5-7-9-14)13-16(24-20(17)27-21)19-23-10-11-25(19)2;1-3-4-9-27(24)18-14(19)13-11(15-20-5-7-23(15)2)10-12(22-17(13)26-18)16-21-6-8-25-16;1-2-3-8-26(22)17-13(18)12-10(14-19-4-6-23-14)9-11(21-16(12)25-17)15-20-5-7-24-15/h5-10,12H,3-4,11,23H2,1-2H3;5-11,13H,3-4,12,22H2,1-2H3;5-8,10H,3-4,9,19H2,1-2H3;4-7,9H,2-3,8,18H2,1H3. The van der Waals surface area contributed by atoms with Crippen LogP contribution in [0, 0.1) is 0 Å². The van der Waals surface area contributed by atoms with Gasteiger partial charge in [0.15, 0.2) is 5.82 Å². The number of rotatable bonds is 25. The molecule has 0 saturated heterocycles. The molecule has 0 aliphatic carbocycles. The maximum Gasteiger partial charge on any atom is 0.337 e. The van der Waals surface area contributed by atoms with Crippen molar-refractivity contribution in [1.82, 2.24) is 59.0 Å². The summed E-state index contributed by atoms with van der Waals surface area (Å²) in [6, 6.07) is 25.2. The molecule has 4 unspecified atom stereocenters. The minimum atomic E-state index is -1.17. The molecule has 0 fully saturated rings. The van der Waals surface area contributed by atoms with Crippen molar-refractivity contribution in [3.63, 3.8) is 0 Å². The molecule has 0 bridgehead atoms. The fraction of sp³-hybridized carbons (Fsp3) is 0.244. The fourth-order valence-corrected chi connectivity index (χ4v) is 25.6. The summed E-state index contributed by atoms with van der Waals surface area (Å²) in [5, 5.41) is 14.4. The number of thiophene rings is 4. The molecule has 0 saturated carbocycles. The average molecular weight is 1720 g/mol. The van der Waals surface area contributed by atoms with Crippen LogP contribution in [-0.2, 0) is 62.0 Å². The highest BCUT2D eigenvalue weighted by Gasteiger charge is 2.28. The first-order valence-corrected chi connectivity index (χ1v) is 47.7. The zero-order valence-electron chi connectivity index (χ0n) is 61.9. The minimum absolute atomic E-state index is 0.390. The molecule has 0 aliphatic heterocycles. The molecule has 0 aliphatic rings. The first-order valence-electron chi connectivity index (χ1n) is 35.7. The number of anilines is 4. The van der Waals surface area contributed by atoms with Crippen molar-refractivity contribution in [2.45, 2.75) is 95.9 Å². The van der Waals surface area contributed by atoms with Crippen molar-refractivity contribution in [3.8, 4) is 87.8 Å². The van der Waals surface area contributed by atoms with Crippen molar-refractivity contribution in [2.24, 2.45) is 14.1 Å². The molecular weight excluding hydrogens is 1640 g/mol. The topological polar surface area (TPSA) is 337 Å². The van der Waals surface area contributed by atoms with Crippen LogP contribution in [-0.4, -0.2) is 112 Å². The average Bonchev–Trinajstić information content (AvgIpc) is 1.62. The van der Waals surface area contributed by atoms with Gasteiger partial charge in [-0.1, -0.05) is 95.8 Å². The van der Waals surface area contributed by atoms with Crippen LogP contribution in [0.1, 0.15) is 89.4 Å². The van der Waals surface area contributed by atoms with E-state index in [-0.39, 0.29) is 0 Å². The Balaban J connectivity index is 0.000000131. The van der Waals surface area contributed by atoms with Crippen LogP contribution in [0.15, 0.2) is 167 Å². The Kier molecular flexibility index (Phi) is 27.1. The van der Waals surface area contributed by atoms with E-state index in [9.17, 15) is 21.6 Å². The van der Waals surface area contributed by atoms with Gasteiger partial charge in [0.2, 0.25) is 0 Å². The number of hydrogen-bond acceptors (Lipinski definition) is 28. The van der Waals surface area contributed by atoms with Gasteiger partial charge in [-0.05, 0) is 84.3 Å². The molecule has 0 radical (unpaired) electrons. The molecule has 2 aromatic carbocycles. The van der Waals surface area contributed by atoms with Crippen molar-refractivity contribution in [1.29, 1.82) is 0 Å². The van der Waals surface area contributed by atoms with E-state index in [2.05, 4.69) is 69.7 Å². The second kappa shape index (κ2) is 37.4. The quantitative estimate of drug-likeness (QED) is 0.0386. The number of carbonyl (C=O) groups is 1. The van der Waals surface area contributed by atoms with Gasteiger partial charge in [-0.25, -0.2) is 54.6 Å². The van der Waals surface area contributed by atoms with Gasteiger partial charge < -0.3 is 36.8 Å². The summed E-state index contributed by atoms with van der Waals surface area (Å²) >= 11 is 11.8. The Morgan fingerprint density at radius 3 is 1.09 bits per heavy atom. The smallest absolute Gasteiger partial charge is 0.337 e. The Bertz CT molecular complexity index is 6030. The second-order valence-electron chi connectivity index (χ2n) is 25.3. The third kappa shape index (κ3) is 17.7. The van der Waals surface area contributed by atoms with E-state index < -0.39 is 49.2 Å². The summed E-state index contributed by atoms with van der Waals surface area (Å²) in [6.07, 6.45) is 22.0. The Labute approximate surface area is 688 Å². The van der Waals surface area contributed by atoms with E-state index in [1.54, 1.807) is 72.0 Å². The zero-order valence-corrected chi connectivity index (χ0v) is 71.7. The highest BCUT2D eigenvalue weighted by Crippen LogP contribution is 2.48. The second-order valence-corrected chi connectivity index (χ2v) is 39.9. The van der Waals surface area contributed by atoms with Gasteiger partial charge in [-0.2, -0.15) is 0 Å². The van der Waals surface area contributed by atoms with Crippen LogP contribution in [0.25, 0.3) is 129 Å². The third-order valence-corrected chi connectivity index (χ3v) is 32.8. The molecule has 14 aromatic heterocycles. The molecule has 16 rings (SSSR count). The number of fused-ring (bicyclic) bond motifs is 4. The Hall–Kier alpha value is -8.91. The predicted molar refractivity (Wildman–Crippen MR) is 472 cm³/mol. The largest absolute Gasteiger partial charge is 0.465 e. The number of nitrogens with two attached hydrogens (primary N) is 4. The van der Waals surface area contributed by atoms with E-state index in [4.69, 9.17) is 47.6 Å². The lowest BCUT2D eigenvalue weighted by Crippen LogP contribution is -2.00. The van der Waals surface area contributed by atoms with Crippen LogP contribution in [0.3, 0.4) is 0 Å². The number of thiazole rings is 4. The number of aromatic nitrogens is 12. The van der Waals surface area contributed by atoms with Crippen molar-refractivity contribution in [3.05, 3.63) is 156 Å². The first kappa shape index (κ1) is 81.1. The highest BCUT2D eigenvalue weighted by atomic mass is 32.2. The van der Waals surface area contributed by atoms with E-state index in [0.29, 0.717) is 59.7 Å². The maximum absolute atomic E-state index is 12.9. The van der Waals surface area contributed by atoms with Gasteiger partial charge in [0, 0.05) is 141 Å². The lowest BCUT2D eigenvalue weighted by Gasteiger charge is -2.08. The third-order valence-electron chi connectivity index (χ3n) is 17.7. The van der Waals surface area contributed by atoms with Crippen LogP contribution in [0.4, 0.5) is 22.7 Å². The summed E-state index contributed by atoms with van der Waals surface area (Å²) in [7, 11) is 0.755. The van der Waals surface area contributed by atoms with E-state index in [1.807, 2.05) is 112 Å². The predicted octanol–water partition coefficient (Wildman–Crippen LogP) is 19.6. The number of ether oxygens (including phenoxy) is 1. The Morgan fingerprint density at radius 1 is 0.402 bits per heavy atom. The van der Waals surface area contributed by atoms with Crippen LogP contribution < -0.4 is 22.9 Å². The molecule has 0 spiro atoms. The molecule has 578 valence electrons. The number of nitrogens with zero attached hydrogens (tertiary/aromatic N) is 12. The summed E-state index contributed by atoms with van der Waals surface area (Å²) in [6.45, 7) is 8.35. The van der Waals surface area contributed by atoms with E-state index in [1.165, 1.54) is 75.1 Å². The van der Waals surface area contributed by atoms with Gasteiger partial charge in [0.05, 0.1) is 78.6 Å². The van der Waals surface area contributed by atoms with Crippen LogP contribution in [0.5, 0.6) is 0 Å². The molecule has 4 atom stereocenters. The van der Waals surface area contributed by atoms with Crippen molar-refractivity contribution < 1.29 is 26.4 Å². The molecule has 8 N–H and O–H groups in total. The van der Waals surface area contributed by atoms with Gasteiger partial charge in [-0.3, -0.25) is 16.8 Å². The molecule has 0 amide bonds. The van der Waals surface area contributed by atoms with Crippen LogP contribution in [0.2, 0.25) is 0 Å². The number of aryl methyl sites for hydroxylation is 2. The van der Waals surface area contributed by atoms with Gasteiger partial charge in [-0.15, -0.1) is 90.7 Å². The van der Waals surface area contributed by atoms with Crippen LogP contribution >= 0.6 is 90.7 Å². The number of unbranched alkanes of at least 4 members (excludes halogenated alkanes) is 4. The van der Waals surface area contributed by atoms with Crippen molar-refractivity contribution in [2.75, 3.05) is 53.1 Å². The zero-order chi connectivity index (χ0) is 78.7. The number of nitrogen functional groups attached to an aromatic ring is 4. The van der Waals surface area contributed by atoms with Gasteiger partial charge in [0.25, 0.3) is 0 Å². The molecule has 14 heterocycles. The lowest BCUT2D eigenvalue weighted by molar-refractivity contribution is 0.0600. The first-order chi connectivity index (χ1) is 54.4. The molecule has 112 heavy (non-hydrogen) atoms. The summed E-state index contributed by atoms with van der Waals surface area (Å²) < 4.78 is 62.6. The fourth-order valence-electron chi connectivity index (χ4n) is 12.0. The number of pyridine rings is 4. The summed E-state index contributed by atoms with van der Waals surface area (Å²) in [5.74, 6) is 3.65. The number of imidazole rings is 2. The normalized spacial score (nSPS) is 12.5. The summed E-state index contributed by atoms with van der Waals surface area (Å²) in [4.78, 5) is 60.6. The lowest BCUT2D eigenvalue weighted by atomic mass is 10.0. The SMILES string of the molecule is CCCCS(=O)c1sc2nc(-c3nccn3C)cc(-c3ccccc3)c2c1N.CCCCS(=O)c1sc2nc(-c3nccs3)cc(-c3ccc(C(=O)OC)cc3)c2c1N.CCCCS(=O)c1sc2nc(-c3nccs3)cc(-c3nccn3C)c2c1N.CCCCS(=O)c1sc2nc(-c3nccs3)cc(-c3nccs3)c2c1N. The Morgan fingerprint density at radius 2 is 0.732 bits per heavy atom. The van der Waals surface area contributed by atoms with E-state index >= 15 is 0 Å². The van der Waals surface area contributed by atoms with E-state index in [0.717, 1.165) is 188 Å². The van der Waals surface area contributed by atoms with Gasteiger partial charge in [0.1, 0.15) is 84.8 Å². The number of esters is 1.